The van der Waals surface area contributed by atoms with E-state index in [2.05, 4.69) is 6.58 Å². The summed E-state index contributed by atoms with van der Waals surface area (Å²) in [5, 5.41) is 8.99. The Morgan fingerprint density at radius 1 is 1.47 bits per heavy atom. The van der Waals surface area contributed by atoms with E-state index in [1.165, 1.54) is 0 Å². The zero-order valence-electron chi connectivity index (χ0n) is 11.9. The number of piperidine rings is 1. The third-order valence-corrected chi connectivity index (χ3v) is 3.20. The van der Waals surface area contributed by atoms with Crippen LogP contribution in [0.4, 0.5) is 4.79 Å². The Labute approximate surface area is 114 Å². The average molecular weight is 269 g/mol. The van der Waals surface area contributed by atoms with Crippen molar-refractivity contribution in [1.29, 1.82) is 0 Å². The molecule has 0 aromatic rings. The summed E-state index contributed by atoms with van der Waals surface area (Å²) in [4.78, 5) is 24.6. The molecule has 0 saturated carbocycles. The summed E-state index contributed by atoms with van der Waals surface area (Å²) in [6.45, 7) is 10.1. The second kappa shape index (κ2) is 5.63. The minimum absolute atomic E-state index is 0.00417. The molecular formula is C14H23NO4. The number of amides is 1. The van der Waals surface area contributed by atoms with Gasteiger partial charge >= 0.3 is 12.1 Å². The molecule has 1 atom stereocenters. The molecule has 1 heterocycles. The van der Waals surface area contributed by atoms with E-state index in [-0.39, 0.29) is 12.5 Å². The van der Waals surface area contributed by atoms with E-state index in [9.17, 15) is 9.59 Å². The Hall–Kier alpha value is -1.52. The fourth-order valence-electron chi connectivity index (χ4n) is 2.33. The topological polar surface area (TPSA) is 66.8 Å². The quantitative estimate of drug-likeness (QED) is 0.800. The SMILES string of the molecule is C=CC1(CC(=O)O)CCCN(C(=O)OC(C)(C)C)C1. The van der Waals surface area contributed by atoms with Gasteiger partial charge in [0.25, 0.3) is 0 Å². The van der Waals surface area contributed by atoms with Gasteiger partial charge < -0.3 is 14.7 Å². The fraction of sp³-hybridized carbons (Fsp3) is 0.714. The van der Waals surface area contributed by atoms with Crippen molar-refractivity contribution in [2.45, 2.75) is 45.6 Å². The largest absolute Gasteiger partial charge is 0.481 e. The Morgan fingerprint density at radius 2 is 2.11 bits per heavy atom. The minimum Gasteiger partial charge on any atom is -0.481 e. The van der Waals surface area contributed by atoms with Crippen LogP contribution in [0.3, 0.4) is 0 Å². The van der Waals surface area contributed by atoms with Crippen molar-refractivity contribution in [1.82, 2.24) is 4.90 Å². The third-order valence-electron chi connectivity index (χ3n) is 3.20. The normalized spacial score (nSPS) is 23.8. The van der Waals surface area contributed by atoms with E-state index < -0.39 is 17.0 Å². The van der Waals surface area contributed by atoms with E-state index >= 15 is 0 Å². The van der Waals surface area contributed by atoms with Gasteiger partial charge in [0.15, 0.2) is 0 Å². The Balaban J connectivity index is 2.75. The summed E-state index contributed by atoms with van der Waals surface area (Å²) in [5.74, 6) is -0.870. The van der Waals surface area contributed by atoms with Gasteiger partial charge in [-0.15, -0.1) is 6.58 Å². The summed E-state index contributed by atoms with van der Waals surface area (Å²) >= 11 is 0. The predicted octanol–water partition coefficient (Wildman–Crippen LogP) is 2.66. The zero-order chi connectivity index (χ0) is 14.7. The highest BCUT2D eigenvalue weighted by atomic mass is 16.6. The number of ether oxygens (including phenoxy) is 1. The maximum Gasteiger partial charge on any atom is 0.410 e. The summed E-state index contributed by atoms with van der Waals surface area (Å²) in [6, 6.07) is 0. The first-order valence-corrected chi connectivity index (χ1v) is 6.51. The van der Waals surface area contributed by atoms with Crippen LogP contribution in [0, 0.1) is 5.41 Å². The Morgan fingerprint density at radius 3 is 2.58 bits per heavy atom. The first-order chi connectivity index (χ1) is 8.67. The lowest BCUT2D eigenvalue weighted by Crippen LogP contribution is -2.47. The molecule has 0 radical (unpaired) electrons. The Bertz CT molecular complexity index is 372. The molecular weight excluding hydrogens is 246 g/mol. The van der Waals surface area contributed by atoms with Crippen LogP contribution in [-0.4, -0.2) is 40.8 Å². The minimum atomic E-state index is -0.870. The van der Waals surface area contributed by atoms with Gasteiger partial charge in [0.2, 0.25) is 0 Å². The molecule has 1 fully saturated rings. The van der Waals surface area contributed by atoms with Crippen LogP contribution in [0.1, 0.15) is 40.0 Å². The summed E-state index contributed by atoms with van der Waals surface area (Å²) < 4.78 is 5.33. The van der Waals surface area contributed by atoms with Crippen molar-refractivity contribution < 1.29 is 19.4 Å². The molecule has 0 aliphatic carbocycles. The summed E-state index contributed by atoms with van der Waals surface area (Å²) in [5.41, 5.74) is -1.08. The molecule has 1 unspecified atom stereocenters. The second-order valence-electron chi connectivity index (χ2n) is 6.14. The number of carbonyl (C=O) groups is 2. The van der Waals surface area contributed by atoms with Gasteiger partial charge in [-0.3, -0.25) is 4.79 Å². The van der Waals surface area contributed by atoms with Crippen molar-refractivity contribution in [3.63, 3.8) is 0 Å². The molecule has 1 saturated heterocycles. The van der Waals surface area contributed by atoms with E-state index in [0.29, 0.717) is 13.1 Å². The van der Waals surface area contributed by atoms with Gasteiger partial charge in [0, 0.05) is 18.5 Å². The number of hydrogen-bond acceptors (Lipinski definition) is 3. The van der Waals surface area contributed by atoms with Crippen LogP contribution in [0.15, 0.2) is 12.7 Å². The molecule has 0 aromatic carbocycles. The molecule has 1 N–H and O–H groups in total. The summed E-state index contributed by atoms with van der Waals surface area (Å²) in [6.07, 6.45) is 2.78. The lowest BCUT2D eigenvalue weighted by molar-refractivity contribution is -0.139. The molecule has 19 heavy (non-hydrogen) atoms. The highest BCUT2D eigenvalue weighted by molar-refractivity contribution is 5.70. The summed E-state index contributed by atoms with van der Waals surface area (Å²) in [7, 11) is 0. The molecule has 1 rings (SSSR count). The van der Waals surface area contributed by atoms with Gasteiger partial charge in [-0.1, -0.05) is 6.08 Å². The third kappa shape index (κ3) is 4.58. The zero-order valence-corrected chi connectivity index (χ0v) is 11.9. The number of carboxylic acids is 1. The van der Waals surface area contributed by atoms with Crippen molar-refractivity contribution in [3.8, 4) is 0 Å². The average Bonchev–Trinajstić information content (AvgIpc) is 2.26. The number of nitrogens with zero attached hydrogens (tertiary/aromatic N) is 1. The highest BCUT2D eigenvalue weighted by Crippen LogP contribution is 2.35. The molecule has 1 aliphatic rings. The Kier molecular flexibility index (Phi) is 4.61. The van der Waals surface area contributed by atoms with Gasteiger partial charge in [-0.25, -0.2) is 4.79 Å². The maximum atomic E-state index is 12.0. The molecule has 0 bridgehead atoms. The molecule has 5 heteroatoms. The molecule has 108 valence electrons. The highest BCUT2D eigenvalue weighted by Gasteiger charge is 2.37. The predicted molar refractivity (Wildman–Crippen MR) is 71.9 cm³/mol. The number of carboxylic acid groups (broad SMARTS) is 1. The number of likely N-dealkylation sites (tertiary alicyclic amines) is 1. The van der Waals surface area contributed by atoms with E-state index in [1.54, 1.807) is 11.0 Å². The molecule has 1 amide bonds. The van der Waals surface area contributed by atoms with Crippen molar-refractivity contribution in [2.24, 2.45) is 5.41 Å². The van der Waals surface area contributed by atoms with Crippen LogP contribution in [0.25, 0.3) is 0 Å². The van der Waals surface area contributed by atoms with Crippen LogP contribution >= 0.6 is 0 Å². The molecule has 5 nitrogen and oxygen atoms in total. The molecule has 1 aliphatic heterocycles. The number of hydrogen-bond donors (Lipinski definition) is 1. The van der Waals surface area contributed by atoms with Crippen molar-refractivity contribution in [2.75, 3.05) is 13.1 Å². The van der Waals surface area contributed by atoms with E-state index in [1.807, 2.05) is 20.8 Å². The van der Waals surface area contributed by atoms with Crippen LogP contribution in [0.5, 0.6) is 0 Å². The van der Waals surface area contributed by atoms with Gasteiger partial charge in [-0.05, 0) is 33.6 Å². The number of rotatable bonds is 3. The lowest BCUT2D eigenvalue weighted by Gasteiger charge is -2.40. The first kappa shape index (κ1) is 15.5. The maximum absolute atomic E-state index is 12.0. The van der Waals surface area contributed by atoms with Gasteiger partial charge in [0.05, 0.1) is 6.42 Å². The fourth-order valence-corrected chi connectivity index (χ4v) is 2.33. The first-order valence-electron chi connectivity index (χ1n) is 6.51. The monoisotopic (exact) mass is 269 g/mol. The van der Waals surface area contributed by atoms with Crippen molar-refractivity contribution in [3.05, 3.63) is 12.7 Å². The number of aliphatic carboxylic acids is 1. The molecule has 0 aromatic heterocycles. The van der Waals surface area contributed by atoms with Crippen LogP contribution in [0.2, 0.25) is 0 Å². The van der Waals surface area contributed by atoms with E-state index in [0.717, 1.165) is 12.8 Å². The van der Waals surface area contributed by atoms with Gasteiger partial charge in [-0.2, -0.15) is 0 Å². The molecule has 0 spiro atoms. The van der Waals surface area contributed by atoms with Crippen LogP contribution < -0.4 is 0 Å². The standard InChI is InChI=1S/C14H23NO4/c1-5-14(9-11(16)17)7-6-8-15(10-14)12(18)19-13(2,3)4/h5H,1,6-10H2,2-4H3,(H,16,17). The smallest absolute Gasteiger partial charge is 0.410 e. The second-order valence-corrected chi connectivity index (χ2v) is 6.14. The number of carbonyl (C=O) groups excluding carboxylic acids is 1. The van der Waals surface area contributed by atoms with Crippen molar-refractivity contribution >= 4 is 12.1 Å². The van der Waals surface area contributed by atoms with Crippen LogP contribution in [-0.2, 0) is 9.53 Å². The van der Waals surface area contributed by atoms with Gasteiger partial charge in [0.1, 0.15) is 5.60 Å². The van der Waals surface area contributed by atoms with E-state index in [4.69, 9.17) is 9.84 Å². The lowest BCUT2D eigenvalue weighted by atomic mass is 9.77.